The molecule has 7 heteroatoms. The molecule has 2 aliphatic heterocycles. The summed E-state index contributed by atoms with van der Waals surface area (Å²) in [6, 6.07) is 14.2. The van der Waals surface area contributed by atoms with Crippen molar-refractivity contribution in [1.29, 1.82) is 5.26 Å². The fraction of sp³-hybridized carbons (Fsp3) is 0.292. The van der Waals surface area contributed by atoms with Crippen molar-refractivity contribution in [1.82, 2.24) is 9.88 Å². The summed E-state index contributed by atoms with van der Waals surface area (Å²) in [6.07, 6.45) is 2.10. The number of phenols is 1. The predicted molar refractivity (Wildman–Crippen MR) is 114 cm³/mol. The Bertz CT molecular complexity index is 1230. The minimum Gasteiger partial charge on any atom is -0.508 e. The number of carbonyl (C=O) groups excluding carboxylic acids is 1. The molecule has 2 aromatic carbocycles. The third kappa shape index (κ3) is 3.39. The lowest BCUT2D eigenvalue weighted by atomic mass is 9.94. The number of benzene rings is 2. The molecule has 0 radical (unpaired) electrons. The first-order valence-electron chi connectivity index (χ1n) is 10.3. The molecule has 2 aliphatic rings. The summed E-state index contributed by atoms with van der Waals surface area (Å²) in [5.41, 5.74) is 2.14. The lowest BCUT2D eigenvalue weighted by Gasteiger charge is -2.32. The number of nitrogens with zero attached hydrogens (tertiary/aromatic N) is 4. The Morgan fingerprint density at radius 2 is 2.00 bits per heavy atom. The number of piperidine rings is 1. The van der Waals surface area contributed by atoms with Crippen LogP contribution in [0.25, 0.3) is 10.9 Å². The summed E-state index contributed by atoms with van der Waals surface area (Å²) >= 11 is 0. The van der Waals surface area contributed by atoms with Crippen LogP contribution in [0.4, 0.5) is 10.1 Å². The van der Waals surface area contributed by atoms with Crippen molar-refractivity contribution in [3.05, 3.63) is 65.4 Å². The van der Waals surface area contributed by atoms with E-state index in [9.17, 15) is 14.3 Å². The van der Waals surface area contributed by atoms with E-state index in [4.69, 9.17) is 5.26 Å². The van der Waals surface area contributed by atoms with E-state index in [-0.39, 0.29) is 24.5 Å². The molecule has 0 bridgehead atoms. The standard InChI is InChI=1S/C24H21FN4O2/c25-24(15-26)6-9-28(10-7-24)13-16-11-20-21(22-19(16)5-2-8-27-22)14-29(23(20)31)17-3-1-4-18(30)12-17/h1-5,8,11-12,30H,6-7,9-10,13-14H2. The van der Waals surface area contributed by atoms with E-state index in [1.165, 1.54) is 0 Å². The van der Waals surface area contributed by atoms with E-state index in [0.717, 1.165) is 22.0 Å². The van der Waals surface area contributed by atoms with Crippen molar-refractivity contribution in [3.8, 4) is 11.8 Å². The third-order valence-corrected chi connectivity index (χ3v) is 6.26. The van der Waals surface area contributed by atoms with Crippen molar-refractivity contribution < 1.29 is 14.3 Å². The zero-order valence-corrected chi connectivity index (χ0v) is 16.9. The summed E-state index contributed by atoms with van der Waals surface area (Å²) in [6.45, 7) is 1.94. The average molecular weight is 416 g/mol. The first-order valence-corrected chi connectivity index (χ1v) is 10.3. The van der Waals surface area contributed by atoms with Crippen molar-refractivity contribution in [3.63, 3.8) is 0 Å². The predicted octanol–water partition coefficient (Wildman–Crippen LogP) is 3.93. The molecule has 1 saturated heterocycles. The van der Waals surface area contributed by atoms with E-state index in [0.29, 0.717) is 37.4 Å². The average Bonchev–Trinajstić information content (AvgIpc) is 3.12. The maximum absolute atomic E-state index is 14.3. The molecule has 0 atom stereocenters. The number of aromatic nitrogens is 1. The number of aromatic hydroxyl groups is 1. The topological polar surface area (TPSA) is 80.5 Å². The van der Waals surface area contributed by atoms with Gasteiger partial charge in [0.15, 0.2) is 5.67 Å². The van der Waals surface area contributed by atoms with Gasteiger partial charge in [-0.25, -0.2) is 4.39 Å². The monoisotopic (exact) mass is 416 g/mol. The number of halogens is 1. The molecule has 0 aliphatic carbocycles. The van der Waals surface area contributed by atoms with Crippen LogP contribution in [-0.2, 0) is 13.1 Å². The van der Waals surface area contributed by atoms with Gasteiger partial charge >= 0.3 is 0 Å². The number of hydrogen-bond donors (Lipinski definition) is 1. The number of fused-ring (bicyclic) bond motifs is 3. The number of anilines is 1. The van der Waals surface area contributed by atoms with Crippen LogP contribution in [0.5, 0.6) is 5.75 Å². The summed E-state index contributed by atoms with van der Waals surface area (Å²) < 4.78 is 14.3. The Balaban J connectivity index is 1.50. The minimum absolute atomic E-state index is 0.108. The van der Waals surface area contributed by atoms with Gasteiger partial charge in [0.25, 0.3) is 5.91 Å². The van der Waals surface area contributed by atoms with Crippen LogP contribution in [0.3, 0.4) is 0 Å². The summed E-state index contributed by atoms with van der Waals surface area (Å²) in [5.74, 6) is -0.0170. The molecule has 3 heterocycles. The van der Waals surface area contributed by atoms with Crippen LogP contribution in [0, 0.1) is 11.3 Å². The fourth-order valence-corrected chi connectivity index (χ4v) is 4.52. The molecule has 1 aromatic heterocycles. The molecule has 0 spiro atoms. The maximum Gasteiger partial charge on any atom is 0.259 e. The number of nitriles is 1. The molecular formula is C24H21FN4O2. The van der Waals surface area contributed by atoms with Crippen LogP contribution < -0.4 is 4.90 Å². The summed E-state index contributed by atoms with van der Waals surface area (Å²) in [4.78, 5) is 21.6. The van der Waals surface area contributed by atoms with Gasteiger partial charge in [-0.1, -0.05) is 12.1 Å². The second-order valence-corrected chi connectivity index (χ2v) is 8.23. The molecule has 5 rings (SSSR count). The van der Waals surface area contributed by atoms with Gasteiger partial charge in [0.1, 0.15) is 11.8 Å². The molecule has 0 unspecified atom stereocenters. The van der Waals surface area contributed by atoms with Gasteiger partial charge in [-0.15, -0.1) is 0 Å². The zero-order valence-electron chi connectivity index (χ0n) is 16.9. The lowest BCUT2D eigenvalue weighted by Crippen LogP contribution is -2.40. The number of phenolic OH excluding ortho intramolecular Hbond substituents is 1. The quantitative estimate of drug-likeness (QED) is 0.700. The highest BCUT2D eigenvalue weighted by Gasteiger charge is 2.35. The number of likely N-dealkylation sites (tertiary alicyclic amines) is 1. The Morgan fingerprint density at radius 3 is 2.74 bits per heavy atom. The minimum atomic E-state index is -1.74. The summed E-state index contributed by atoms with van der Waals surface area (Å²) in [7, 11) is 0. The van der Waals surface area contributed by atoms with E-state index in [2.05, 4.69) is 9.88 Å². The van der Waals surface area contributed by atoms with Gasteiger partial charge in [-0.2, -0.15) is 5.26 Å². The number of amides is 1. The van der Waals surface area contributed by atoms with Gasteiger partial charge in [-0.3, -0.25) is 14.7 Å². The third-order valence-electron chi connectivity index (χ3n) is 6.26. The highest BCUT2D eigenvalue weighted by Crippen LogP contribution is 2.36. The molecule has 31 heavy (non-hydrogen) atoms. The van der Waals surface area contributed by atoms with Crippen molar-refractivity contribution in [2.45, 2.75) is 31.6 Å². The first-order chi connectivity index (χ1) is 15.0. The maximum atomic E-state index is 14.3. The molecule has 1 N–H and O–H groups in total. The van der Waals surface area contributed by atoms with Crippen LogP contribution in [0.15, 0.2) is 48.7 Å². The van der Waals surface area contributed by atoms with Gasteiger partial charge in [0.2, 0.25) is 0 Å². The number of carbonyl (C=O) groups is 1. The fourth-order valence-electron chi connectivity index (χ4n) is 4.52. The van der Waals surface area contributed by atoms with Crippen LogP contribution in [0.1, 0.15) is 34.3 Å². The Labute approximate surface area is 179 Å². The number of hydrogen-bond acceptors (Lipinski definition) is 5. The van der Waals surface area contributed by atoms with Crippen molar-refractivity contribution in [2.24, 2.45) is 0 Å². The molecule has 156 valence electrons. The molecule has 0 saturated carbocycles. The van der Waals surface area contributed by atoms with Gasteiger partial charge in [0, 0.05) is 66.9 Å². The number of alkyl halides is 1. The van der Waals surface area contributed by atoms with Crippen LogP contribution >= 0.6 is 0 Å². The van der Waals surface area contributed by atoms with Crippen LogP contribution in [-0.4, -0.2) is 39.7 Å². The number of rotatable bonds is 3. The second-order valence-electron chi connectivity index (χ2n) is 8.23. The lowest BCUT2D eigenvalue weighted by molar-refractivity contribution is 0.0985. The summed E-state index contributed by atoms with van der Waals surface area (Å²) in [5, 5.41) is 19.8. The second kappa shape index (κ2) is 7.33. The van der Waals surface area contributed by atoms with Gasteiger partial charge < -0.3 is 10.0 Å². The van der Waals surface area contributed by atoms with Crippen LogP contribution in [0.2, 0.25) is 0 Å². The SMILES string of the molecule is N#CC1(F)CCN(Cc2cc3c(c4ncccc24)CN(c2cccc(O)c2)C3=O)CC1. The van der Waals surface area contributed by atoms with Gasteiger partial charge in [-0.05, 0) is 29.8 Å². The normalized spacial score (nSPS) is 18.2. The Hall–Kier alpha value is -3.50. The van der Waals surface area contributed by atoms with E-state index in [1.54, 1.807) is 41.4 Å². The van der Waals surface area contributed by atoms with Crippen molar-refractivity contribution >= 4 is 22.5 Å². The van der Waals surface area contributed by atoms with E-state index < -0.39 is 5.67 Å². The molecule has 3 aromatic rings. The molecule has 1 fully saturated rings. The molecule has 6 nitrogen and oxygen atoms in total. The Morgan fingerprint density at radius 1 is 1.19 bits per heavy atom. The smallest absolute Gasteiger partial charge is 0.259 e. The number of pyridine rings is 1. The first kappa shape index (κ1) is 19.5. The Kier molecular flexibility index (Phi) is 4.60. The highest BCUT2D eigenvalue weighted by atomic mass is 19.1. The van der Waals surface area contributed by atoms with Crippen molar-refractivity contribution in [2.75, 3.05) is 18.0 Å². The molecule has 1 amide bonds. The zero-order chi connectivity index (χ0) is 21.6. The van der Waals surface area contributed by atoms with Gasteiger partial charge in [0.05, 0.1) is 12.1 Å². The highest BCUT2D eigenvalue weighted by molar-refractivity contribution is 6.13. The largest absolute Gasteiger partial charge is 0.508 e. The molecular weight excluding hydrogens is 395 g/mol. The van der Waals surface area contributed by atoms with E-state index in [1.807, 2.05) is 18.2 Å². The van der Waals surface area contributed by atoms with E-state index >= 15 is 0 Å².